The van der Waals surface area contributed by atoms with E-state index < -0.39 is 17.8 Å². The third-order valence-electron chi connectivity index (χ3n) is 5.62. The minimum Gasteiger partial charge on any atom is -0.508 e. The van der Waals surface area contributed by atoms with Gasteiger partial charge in [-0.3, -0.25) is 4.79 Å². The number of amides is 1. The highest BCUT2D eigenvalue weighted by Gasteiger charge is 2.24. The lowest BCUT2D eigenvalue weighted by Gasteiger charge is -2.19. The summed E-state index contributed by atoms with van der Waals surface area (Å²) in [5.41, 5.74) is 3.64. The van der Waals surface area contributed by atoms with Gasteiger partial charge in [0.1, 0.15) is 23.0 Å². The number of fused-ring (bicyclic) bond motifs is 1. The van der Waals surface area contributed by atoms with E-state index in [9.17, 15) is 14.3 Å². The van der Waals surface area contributed by atoms with E-state index in [-0.39, 0.29) is 17.0 Å². The summed E-state index contributed by atoms with van der Waals surface area (Å²) in [5.74, 6) is 4.83. The molecule has 7 heteroatoms. The van der Waals surface area contributed by atoms with E-state index >= 15 is 0 Å². The Hall–Kier alpha value is -4.96. The Labute approximate surface area is 206 Å². The Morgan fingerprint density at radius 3 is 2.67 bits per heavy atom. The number of aromatic amines is 1. The van der Waals surface area contributed by atoms with Gasteiger partial charge >= 0.3 is 0 Å². The molecule has 0 aliphatic rings. The summed E-state index contributed by atoms with van der Waals surface area (Å²) in [4.78, 5) is 25.2. The zero-order chi connectivity index (χ0) is 25.1. The van der Waals surface area contributed by atoms with Crippen LogP contribution in [-0.4, -0.2) is 26.0 Å². The van der Waals surface area contributed by atoms with Gasteiger partial charge in [-0.1, -0.05) is 30.2 Å². The van der Waals surface area contributed by atoms with Crippen LogP contribution >= 0.6 is 0 Å². The number of aryl methyl sites for hydroxylation is 1. The third-order valence-corrected chi connectivity index (χ3v) is 5.62. The average Bonchev–Trinajstić information content (AvgIpc) is 3.32. The van der Waals surface area contributed by atoms with Crippen LogP contribution in [0.3, 0.4) is 0 Å². The highest BCUT2D eigenvalue weighted by atomic mass is 19.1. The molecule has 36 heavy (non-hydrogen) atoms. The first-order valence-electron chi connectivity index (χ1n) is 11.2. The molecule has 0 bridgehead atoms. The quantitative estimate of drug-likeness (QED) is 0.317. The van der Waals surface area contributed by atoms with E-state index in [0.717, 1.165) is 17.0 Å². The average molecular weight is 477 g/mol. The number of nitrogens with one attached hydrogen (secondary N) is 2. The number of aromatic hydroxyl groups is 1. The maximum atomic E-state index is 14.2. The molecule has 0 saturated heterocycles. The SMILES string of the molecule is Cc1cc(C#Cc2ccccn2)cc(C(=O)NC(c2cc3ccccc3[nH]2)c2cc(F)ccc2O)n1. The second-order valence-corrected chi connectivity index (χ2v) is 8.27. The molecule has 5 aromatic rings. The van der Waals surface area contributed by atoms with Crippen molar-refractivity contribution in [2.75, 3.05) is 0 Å². The number of phenolic OH excluding ortho intramolecular Hbond substituents is 1. The minimum absolute atomic E-state index is 0.139. The zero-order valence-corrected chi connectivity index (χ0v) is 19.3. The molecule has 176 valence electrons. The fourth-order valence-electron chi connectivity index (χ4n) is 3.97. The predicted molar refractivity (Wildman–Crippen MR) is 135 cm³/mol. The summed E-state index contributed by atoms with van der Waals surface area (Å²) in [5, 5.41) is 14.3. The van der Waals surface area contributed by atoms with Gasteiger partial charge in [0.2, 0.25) is 0 Å². The van der Waals surface area contributed by atoms with Gasteiger partial charge in [0, 0.05) is 34.2 Å². The summed E-state index contributed by atoms with van der Waals surface area (Å²) in [6.45, 7) is 1.77. The van der Waals surface area contributed by atoms with Gasteiger partial charge in [0.25, 0.3) is 5.91 Å². The van der Waals surface area contributed by atoms with Crippen molar-refractivity contribution in [1.82, 2.24) is 20.3 Å². The van der Waals surface area contributed by atoms with Crippen molar-refractivity contribution >= 4 is 16.8 Å². The summed E-state index contributed by atoms with van der Waals surface area (Å²) < 4.78 is 14.2. The number of phenols is 1. The number of hydrogen-bond donors (Lipinski definition) is 3. The molecule has 1 unspecified atom stereocenters. The van der Waals surface area contributed by atoms with E-state index in [4.69, 9.17) is 0 Å². The molecule has 3 heterocycles. The molecule has 5 rings (SSSR count). The molecule has 1 atom stereocenters. The number of para-hydroxylation sites is 1. The smallest absolute Gasteiger partial charge is 0.270 e. The number of aromatic nitrogens is 3. The number of benzene rings is 2. The first kappa shape index (κ1) is 22.8. The van der Waals surface area contributed by atoms with E-state index in [1.807, 2.05) is 42.5 Å². The van der Waals surface area contributed by atoms with Crippen LogP contribution < -0.4 is 5.32 Å². The molecular formula is C29H21FN4O2. The standard InChI is InChI=1S/C29H21FN4O2/c1-18-14-19(9-11-22-7-4-5-13-31-22)15-26(32-18)29(36)34-28(23-17-21(30)10-12-27(23)35)25-16-20-6-2-3-8-24(20)33-25/h2-8,10,12-17,28,33,35H,1H3,(H,34,36). The lowest BCUT2D eigenvalue weighted by atomic mass is 10.0. The molecule has 0 radical (unpaired) electrons. The van der Waals surface area contributed by atoms with Crippen LogP contribution in [0.5, 0.6) is 5.75 Å². The monoisotopic (exact) mass is 476 g/mol. The Kier molecular flexibility index (Phi) is 6.16. The van der Waals surface area contributed by atoms with Crippen LogP contribution in [0.25, 0.3) is 10.9 Å². The van der Waals surface area contributed by atoms with Crippen LogP contribution in [0.4, 0.5) is 4.39 Å². The van der Waals surface area contributed by atoms with Crippen molar-refractivity contribution in [3.63, 3.8) is 0 Å². The fourth-order valence-corrected chi connectivity index (χ4v) is 3.97. The van der Waals surface area contributed by atoms with Crippen molar-refractivity contribution in [2.45, 2.75) is 13.0 Å². The van der Waals surface area contributed by atoms with Gasteiger partial charge in [-0.05, 0) is 72.8 Å². The Balaban J connectivity index is 1.51. The van der Waals surface area contributed by atoms with E-state index in [2.05, 4.69) is 32.1 Å². The second-order valence-electron chi connectivity index (χ2n) is 8.27. The van der Waals surface area contributed by atoms with Crippen LogP contribution in [-0.2, 0) is 0 Å². The van der Waals surface area contributed by atoms with E-state index in [1.54, 1.807) is 31.3 Å². The fraction of sp³-hybridized carbons (Fsp3) is 0.0690. The molecule has 0 aliphatic heterocycles. The van der Waals surface area contributed by atoms with E-state index in [1.165, 1.54) is 12.1 Å². The van der Waals surface area contributed by atoms with Gasteiger partial charge in [-0.2, -0.15) is 0 Å². The maximum Gasteiger partial charge on any atom is 0.270 e. The number of nitrogens with zero attached hydrogens (tertiary/aromatic N) is 2. The van der Waals surface area contributed by atoms with Crippen molar-refractivity contribution in [3.05, 3.63) is 125 Å². The number of rotatable bonds is 4. The summed E-state index contributed by atoms with van der Waals surface area (Å²) in [6.07, 6.45) is 1.66. The minimum atomic E-state index is -0.856. The highest BCUT2D eigenvalue weighted by Crippen LogP contribution is 2.31. The molecule has 0 aliphatic carbocycles. The Morgan fingerprint density at radius 1 is 1.03 bits per heavy atom. The lowest BCUT2D eigenvalue weighted by Crippen LogP contribution is -2.30. The topological polar surface area (TPSA) is 90.9 Å². The molecule has 6 nitrogen and oxygen atoms in total. The summed E-state index contributed by atoms with van der Waals surface area (Å²) in [6, 6.07) is 21.1. The molecule has 2 aromatic carbocycles. The molecule has 0 saturated carbocycles. The van der Waals surface area contributed by atoms with Crippen molar-refractivity contribution in [2.24, 2.45) is 0 Å². The summed E-state index contributed by atoms with van der Waals surface area (Å²) in [7, 11) is 0. The van der Waals surface area contributed by atoms with E-state index in [0.29, 0.717) is 22.6 Å². The van der Waals surface area contributed by atoms with Gasteiger partial charge in [-0.15, -0.1) is 0 Å². The number of carbonyl (C=O) groups excluding carboxylic acids is 1. The van der Waals surface area contributed by atoms with Gasteiger partial charge in [-0.25, -0.2) is 14.4 Å². The van der Waals surface area contributed by atoms with Crippen LogP contribution in [0, 0.1) is 24.6 Å². The predicted octanol–water partition coefficient (Wildman–Crippen LogP) is 5.03. The van der Waals surface area contributed by atoms with Gasteiger partial charge in [0.15, 0.2) is 0 Å². The Bertz CT molecular complexity index is 1600. The normalized spacial score (nSPS) is 11.5. The molecule has 1 amide bonds. The molecular weight excluding hydrogens is 455 g/mol. The number of carbonyl (C=O) groups is 1. The first-order valence-corrected chi connectivity index (χ1v) is 11.2. The molecule has 0 fully saturated rings. The van der Waals surface area contributed by atoms with Crippen LogP contribution in [0.2, 0.25) is 0 Å². The van der Waals surface area contributed by atoms with Gasteiger partial charge < -0.3 is 15.4 Å². The zero-order valence-electron chi connectivity index (χ0n) is 19.3. The maximum absolute atomic E-state index is 14.2. The first-order chi connectivity index (χ1) is 17.5. The molecule has 3 N–H and O–H groups in total. The van der Waals surface area contributed by atoms with Crippen LogP contribution in [0.1, 0.15) is 44.7 Å². The summed E-state index contributed by atoms with van der Waals surface area (Å²) >= 11 is 0. The third kappa shape index (κ3) is 4.93. The molecule has 0 spiro atoms. The Morgan fingerprint density at radius 2 is 1.86 bits per heavy atom. The van der Waals surface area contributed by atoms with Crippen molar-refractivity contribution < 1.29 is 14.3 Å². The number of H-pyrrole nitrogens is 1. The number of pyridine rings is 2. The van der Waals surface area contributed by atoms with Crippen molar-refractivity contribution in [1.29, 1.82) is 0 Å². The largest absolute Gasteiger partial charge is 0.508 e. The number of halogens is 1. The highest BCUT2D eigenvalue weighted by molar-refractivity contribution is 5.93. The van der Waals surface area contributed by atoms with Crippen molar-refractivity contribution in [3.8, 4) is 17.6 Å². The lowest BCUT2D eigenvalue weighted by molar-refractivity contribution is 0.0936. The van der Waals surface area contributed by atoms with Gasteiger partial charge in [0.05, 0.1) is 6.04 Å². The molecule has 3 aromatic heterocycles. The second kappa shape index (κ2) is 9.72. The van der Waals surface area contributed by atoms with Crippen LogP contribution in [0.15, 0.2) is 85.1 Å². The number of hydrogen-bond acceptors (Lipinski definition) is 4.